The Morgan fingerprint density at radius 2 is 2.22 bits per heavy atom. The van der Waals surface area contributed by atoms with Gasteiger partial charge in [0.25, 0.3) is 0 Å². The predicted octanol–water partition coefficient (Wildman–Crippen LogP) is 1.36. The third-order valence-electron chi connectivity index (χ3n) is 4.12. The van der Waals surface area contributed by atoms with E-state index in [1.54, 1.807) is 10.9 Å². The number of ether oxygens (including phenoxy) is 1. The summed E-state index contributed by atoms with van der Waals surface area (Å²) in [5.41, 5.74) is 0.542. The summed E-state index contributed by atoms with van der Waals surface area (Å²) in [5, 5.41) is 16.8. The monoisotopic (exact) mass is 324 g/mol. The summed E-state index contributed by atoms with van der Waals surface area (Å²) in [7, 11) is 0. The van der Waals surface area contributed by atoms with Gasteiger partial charge in [-0.15, -0.1) is 5.10 Å². The summed E-state index contributed by atoms with van der Waals surface area (Å²) >= 11 is 0. The molecular weight excluding hydrogens is 296 g/mol. The topological polar surface area (TPSA) is 80.5 Å². The Bertz CT molecular complexity index is 478. The average Bonchev–Trinajstić information content (AvgIpc) is 3.02. The molecule has 0 saturated carbocycles. The normalized spacial score (nSPS) is 18.3. The molecule has 1 fully saturated rings. The van der Waals surface area contributed by atoms with Gasteiger partial charge in [-0.25, -0.2) is 4.68 Å². The minimum atomic E-state index is -0.117. The van der Waals surface area contributed by atoms with Crippen molar-refractivity contribution in [2.24, 2.45) is 0 Å². The molecule has 1 aliphatic rings. The van der Waals surface area contributed by atoms with Crippen LogP contribution < -0.4 is 0 Å². The number of nitrogens with zero attached hydrogens (tertiary/aromatic N) is 4. The van der Waals surface area contributed by atoms with E-state index in [0.29, 0.717) is 38.4 Å². The minimum Gasteiger partial charge on any atom is -0.390 e. The Morgan fingerprint density at radius 3 is 2.96 bits per heavy atom. The first-order chi connectivity index (χ1) is 11.2. The van der Waals surface area contributed by atoms with E-state index >= 15 is 0 Å². The molecule has 0 aromatic carbocycles. The number of aliphatic hydroxyl groups is 1. The van der Waals surface area contributed by atoms with Crippen LogP contribution in [0.25, 0.3) is 0 Å². The fourth-order valence-corrected chi connectivity index (χ4v) is 2.80. The average molecular weight is 324 g/mol. The quantitative estimate of drug-likeness (QED) is 0.694. The molecule has 0 spiro atoms. The van der Waals surface area contributed by atoms with Crippen LogP contribution in [-0.2, 0) is 22.7 Å². The number of hydrogen-bond donors (Lipinski definition) is 1. The summed E-state index contributed by atoms with van der Waals surface area (Å²) in [6.45, 7) is 4.46. The summed E-state index contributed by atoms with van der Waals surface area (Å²) in [6, 6.07) is 0. The van der Waals surface area contributed by atoms with Crippen molar-refractivity contribution in [2.75, 3.05) is 19.7 Å². The molecule has 1 aromatic rings. The van der Waals surface area contributed by atoms with Crippen LogP contribution in [0, 0.1) is 0 Å². The smallest absolute Gasteiger partial charge is 0.222 e. The second-order valence-corrected chi connectivity index (χ2v) is 6.09. The lowest BCUT2D eigenvalue weighted by Crippen LogP contribution is -2.47. The van der Waals surface area contributed by atoms with Crippen molar-refractivity contribution in [3.63, 3.8) is 0 Å². The number of amides is 1. The Hall–Kier alpha value is -1.47. The molecule has 1 unspecified atom stereocenters. The van der Waals surface area contributed by atoms with Crippen LogP contribution in [0.2, 0.25) is 0 Å². The lowest BCUT2D eigenvalue weighted by atomic mass is 10.1. The third kappa shape index (κ3) is 5.91. The highest BCUT2D eigenvalue weighted by Crippen LogP contribution is 2.12. The molecule has 0 radical (unpaired) electrons. The highest BCUT2D eigenvalue weighted by molar-refractivity contribution is 5.76. The molecule has 1 amide bonds. The summed E-state index contributed by atoms with van der Waals surface area (Å²) in [5.74, 6) is 0.226. The van der Waals surface area contributed by atoms with E-state index in [-0.39, 0.29) is 18.6 Å². The number of unbranched alkanes of at least 4 members (excludes halogenated alkanes) is 4. The van der Waals surface area contributed by atoms with Crippen molar-refractivity contribution < 1.29 is 14.6 Å². The van der Waals surface area contributed by atoms with Crippen LogP contribution >= 0.6 is 0 Å². The van der Waals surface area contributed by atoms with Crippen molar-refractivity contribution in [2.45, 2.75) is 64.7 Å². The van der Waals surface area contributed by atoms with Crippen LogP contribution in [0.4, 0.5) is 0 Å². The van der Waals surface area contributed by atoms with Gasteiger partial charge in [-0.1, -0.05) is 37.8 Å². The van der Waals surface area contributed by atoms with Gasteiger partial charge in [0.2, 0.25) is 5.91 Å². The molecular formula is C16H28N4O3. The van der Waals surface area contributed by atoms with E-state index in [9.17, 15) is 4.79 Å². The highest BCUT2D eigenvalue weighted by atomic mass is 16.5. The molecule has 2 rings (SSSR count). The molecule has 2 heterocycles. The maximum Gasteiger partial charge on any atom is 0.222 e. The largest absolute Gasteiger partial charge is 0.390 e. The molecule has 1 saturated heterocycles. The number of aromatic nitrogens is 3. The zero-order valence-electron chi connectivity index (χ0n) is 14.0. The van der Waals surface area contributed by atoms with Crippen LogP contribution in [0.1, 0.15) is 51.1 Å². The van der Waals surface area contributed by atoms with Gasteiger partial charge >= 0.3 is 0 Å². The Kier molecular flexibility index (Phi) is 7.48. The lowest BCUT2D eigenvalue weighted by Gasteiger charge is -2.33. The van der Waals surface area contributed by atoms with Gasteiger partial charge in [0.05, 0.1) is 32.1 Å². The Balaban J connectivity index is 1.72. The maximum absolute atomic E-state index is 12.3. The molecule has 1 aromatic heterocycles. The van der Waals surface area contributed by atoms with E-state index in [4.69, 9.17) is 9.84 Å². The number of hydrogen-bond acceptors (Lipinski definition) is 5. The van der Waals surface area contributed by atoms with Gasteiger partial charge in [-0.3, -0.25) is 4.79 Å². The van der Waals surface area contributed by atoms with Crippen molar-refractivity contribution in [3.05, 3.63) is 11.9 Å². The van der Waals surface area contributed by atoms with Crippen LogP contribution in [0.3, 0.4) is 0 Å². The van der Waals surface area contributed by atoms with Crippen LogP contribution in [0.15, 0.2) is 6.20 Å². The standard InChI is InChI=1S/C16H28N4O3/c1-2-3-4-5-6-7-16(22)19-8-9-23-15(11-19)12-20-10-14(13-21)17-18-20/h10,15,21H,2-9,11-13H2,1H3. The SMILES string of the molecule is CCCCCCCC(=O)N1CCOC(Cn2cc(CO)nn2)C1. The predicted molar refractivity (Wildman–Crippen MR) is 85.6 cm³/mol. The molecule has 0 aliphatic carbocycles. The Labute approximate surface area is 137 Å². The fourth-order valence-electron chi connectivity index (χ4n) is 2.80. The van der Waals surface area contributed by atoms with Gasteiger partial charge in [0.15, 0.2) is 0 Å². The molecule has 23 heavy (non-hydrogen) atoms. The van der Waals surface area contributed by atoms with E-state index in [2.05, 4.69) is 17.2 Å². The van der Waals surface area contributed by atoms with Gasteiger partial charge in [-0.2, -0.15) is 0 Å². The number of carbonyl (C=O) groups is 1. The molecule has 130 valence electrons. The summed E-state index contributed by atoms with van der Waals surface area (Å²) in [4.78, 5) is 14.2. The molecule has 7 nitrogen and oxygen atoms in total. The number of morpholine rings is 1. The summed E-state index contributed by atoms with van der Waals surface area (Å²) < 4.78 is 7.38. The second-order valence-electron chi connectivity index (χ2n) is 6.09. The van der Waals surface area contributed by atoms with Crippen LogP contribution in [-0.4, -0.2) is 56.7 Å². The molecule has 0 bridgehead atoms. The highest BCUT2D eigenvalue weighted by Gasteiger charge is 2.24. The molecule has 1 atom stereocenters. The van der Waals surface area contributed by atoms with E-state index < -0.39 is 0 Å². The first kappa shape index (κ1) is 17.9. The number of aliphatic hydroxyl groups excluding tert-OH is 1. The van der Waals surface area contributed by atoms with Crippen molar-refractivity contribution in [1.29, 1.82) is 0 Å². The first-order valence-electron chi connectivity index (χ1n) is 8.62. The third-order valence-corrected chi connectivity index (χ3v) is 4.12. The van der Waals surface area contributed by atoms with Crippen molar-refractivity contribution in [3.8, 4) is 0 Å². The van der Waals surface area contributed by atoms with Crippen molar-refractivity contribution in [1.82, 2.24) is 19.9 Å². The first-order valence-corrected chi connectivity index (χ1v) is 8.62. The zero-order valence-corrected chi connectivity index (χ0v) is 14.0. The lowest BCUT2D eigenvalue weighted by molar-refractivity contribution is -0.139. The molecule has 1 N–H and O–H groups in total. The second kappa shape index (κ2) is 9.62. The van der Waals surface area contributed by atoms with Crippen LogP contribution in [0.5, 0.6) is 0 Å². The van der Waals surface area contributed by atoms with Crippen molar-refractivity contribution >= 4 is 5.91 Å². The van der Waals surface area contributed by atoms with E-state index in [1.165, 1.54) is 19.3 Å². The zero-order chi connectivity index (χ0) is 16.5. The minimum absolute atomic E-state index is 0.0685. The fraction of sp³-hybridized carbons (Fsp3) is 0.812. The number of carbonyl (C=O) groups excluding carboxylic acids is 1. The van der Waals surface area contributed by atoms with Gasteiger partial charge in [0, 0.05) is 19.5 Å². The maximum atomic E-state index is 12.3. The van der Waals surface area contributed by atoms with E-state index in [1.807, 2.05) is 4.90 Å². The summed E-state index contributed by atoms with van der Waals surface area (Å²) in [6.07, 6.45) is 8.07. The Morgan fingerprint density at radius 1 is 1.39 bits per heavy atom. The van der Waals surface area contributed by atoms with Gasteiger partial charge in [0.1, 0.15) is 5.69 Å². The molecule has 7 heteroatoms. The van der Waals surface area contributed by atoms with Gasteiger partial charge in [-0.05, 0) is 6.42 Å². The number of rotatable bonds is 9. The molecule has 1 aliphatic heterocycles. The van der Waals surface area contributed by atoms with E-state index in [0.717, 1.165) is 12.8 Å². The van der Waals surface area contributed by atoms with Gasteiger partial charge < -0.3 is 14.7 Å².